The molecule has 0 heterocycles. The number of fused-ring (bicyclic) bond motifs is 5. The molecule has 0 amide bonds. The first-order chi connectivity index (χ1) is 11.5. The molecule has 24 heavy (non-hydrogen) atoms. The van der Waals surface area contributed by atoms with E-state index < -0.39 is 0 Å². The SMILES string of the molecule is CCCCc1cc2c(cc1O)CCC1C2CC[C@@]2(C)C1CC[C@@H]2O. The van der Waals surface area contributed by atoms with Crippen molar-refractivity contribution in [1.82, 2.24) is 0 Å². The van der Waals surface area contributed by atoms with Crippen molar-refractivity contribution in [2.75, 3.05) is 0 Å². The van der Waals surface area contributed by atoms with E-state index in [1.807, 2.05) is 0 Å². The van der Waals surface area contributed by atoms with Gasteiger partial charge < -0.3 is 10.2 Å². The average molecular weight is 328 g/mol. The van der Waals surface area contributed by atoms with Gasteiger partial charge in [0.2, 0.25) is 0 Å². The van der Waals surface area contributed by atoms with Gasteiger partial charge in [0.25, 0.3) is 0 Å². The van der Waals surface area contributed by atoms with Gasteiger partial charge in [-0.2, -0.15) is 0 Å². The highest BCUT2D eigenvalue weighted by Gasteiger charge is 2.54. The molecule has 2 heteroatoms. The van der Waals surface area contributed by atoms with Crippen LogP contribution in [-0.2, 0) is 12.8 Å². The van der Waals surface area contributed by atoms with Crippen LogP contribution in [0.25, 0.3) is 0 Å². The fraction of sp³-hybridized carbons (Fsp3) is 0.727. The molecule has 3 aliphatic carbocycles. The molecule has 1 aromatic rings. The third-order valence-electron chi connectivity index (χ3n) is 7.67. The maximum atomic E-state index is 10.5. The summed E-state index contributed by atoms with van der Waals surface area (Å²) in [6, 6.07) is 4.40. The number of aliphatic hydroxyl groups is 1. The molecule has 1 aromatic carbocycles. The molecule has 0 saturated heterocycles. The van der Waals surface area contributed by atoms with Gasteiger partial charge in [0.15, 0.2) is 0 Å². The minimum Gasteiger partial charge on any atom is -0.508 e. The monoisotopic (exact) mass is 328 g/mol. The summed E-state index contributed by atoms with van der Waals surface area (Å²) in [6.07, 6.45) is 10.1. The Morgan fingerprint density at radius 2 is 2.00 bits per heavy atom. The molecule has 0 aromatic heterocycles. The number of aromatic hydroxyl groups is 1. The standard InChI is InChI=1S/C22H32O2/c1-3-4-5-15-12-18-14(13-20(15)23)6-7-17-16(18)10-11-22(2)19(17)8-9-21(22)24/h12-13,16-17,19,21,23-24H,3-11H2,1-2H3/t16?,17?,19?,21-,22-/m0/s1. The van der Waals surface area contributed by atoms with E-state index in [0.29, 0.717) is 17.6 Å². The predicted octanol–water partition coefficient (Wildman–Crippen LogP) is 4.95. The smallest absolute Gasteiger partial charge is 0.119 e. The van der Waals surface area contributed by atoms with Crippen LogP contribution in [0.1, 0.15) is 81.4 Å². The van der Waals surface area contributed by atoms with Crippen LogP contribution in [-0.4, -0.2) is 16.3 Å². The van der Waals surface area contributed by atoms with E-state index in [9.17, 15) is 10.2 Å². The molecule has 3 unspecified atom stereocenters. The molecular weight excluding hydrogens is 296 g/mol. The first-order valence-electron chi connectivity index (χ1n) is 10.1. The van der Waals surface area contributed by atoms with Crippen molar-refractivity contribution in [2.24, 2.45) is 17.3 Å². The number of hydrogen-bond donors (Lipinski definition) is 2. The average Bonchev–Trinajstić information content (AvgIpc) is 2.88. The van der Waals surface area contributed by atoms with Crippen molar-refractivity contribution in [1.29, 1.82) is 0 Å². The lowest BCUT2D eigenvalue weighted by Gasteiger charge is -2.50. The zero-order chi connectivity index (χ0) is 16.9. The van der Waals surface area contributed by atoms with E-state index in [2.05, 4.69) is 26.0 Å². The minimum absolute atomic E-state index is 0.0928. The zero-order valence-corrected chi connectivity index (χ0v) is 15.2. The molecule has 0 radical (unpaired) electrons. The molecule has 132 valence electrons. The number of benzene rings is 1. The summed E-state index contributed by atoms with van der Waals surface area (Å²) in [7, 11) is 0. The van der Waals surface area contributed by atoms with Gasteiger partial charge in [-0.05, 0) is 97.3 Å². The number of aliphatic hydroxyl groups excluding tert-OH is 1. The van der Waals surface area contributed by atoms with E-state index in [1.165, 1.54) is 36.8 Å². The zero-order valence-electron chi connectivity index (χ0n) is 15.2. The van der Waals surface area contributed by atoms with E-state index in [-0.39, 0.29) is 11.5 Å². The van der Waals surface area contributed by atoms with E-state index in [4.69, 9.17) is 0 Å². The fourth-order valence-electron chi connectivity index (χ4n) is 6.20. The van der Waals surface area contributed by atoms with Crippen molar-refractivity contribution in [3.8, 4) is 5.75 Å². The molecule has 5 atom stereocenters. The molecule has 0 bridgehead atoms. The molecule has 3 aliphatic rings. The van der Waals surface area contributed by atoms with Crippen LogP contribution in [0.4, 0.5) is 0 Å². The summed E-state index contributed by atoms with van der Waals surface area (Å²) in [5, 5.41) is 20.9. The molecule has 2 nitrogen and oxygen atoms in total. The Morgan fingerprint density at radius 1 is 1.17 bits per heavy atom. The van der Waals surface area contributed by atoms with Gasteiger partial charge in [-0.3, -0.25) is 0 Å². The summed E-state index contributed by atoms with van der Waals surface area (Å²) in [5.41, 5.74) is 4.21. The highest BCUT2D eigenvalue weighted by atomic mass is 16.3. The number of unbranched alkanes of at least 4 members (excludes halogenated alkanes) is 1. The van der Waals surface area contributed by atoms with Gasteiger partial charge in [-0.1, -0.05) is 26.3 Å². The Kier molecular flexibility index (Phi) is 4.15. The Balaban J connectivity index is 1.66. The summed E-state index contributed by atoms with van der Waals surface area (Å²) in [4.78, 5) is 0. The highest BCUT2D eigenvalue weighted by molar-refractivity contribution is 5.45. The maximum absolute atomic E-state index is 10.5. The summed E-state index contributed by atoms with van der Waals surface area (Å²) >= 11 is 0. The Hall–Kier alpha value is -1.02. The second-order valence-corrected chi connectivity index (χ2v) is 8.84. The highest BCUT2D eigenvalue weighted by Crippen LogP contribution is 2.61. The second-order valence-electron chi connectivity index (χ2n) is 8.84. The summed E-state index contributed by atoms with van der Waals surface area (Å²) in [6.45, 7) is 4.55. The van der Waals surface area contributed by atoms with Gasteiger partial charge >= 0.3 is 0 Å². The topological polar surface area (TPSA) is 40.5 Å². The van der Waals surface area contributed by atoms with Crippen LogP contribution < -0.4 is 0 Å². The van der Waals surface area contributed by atoms with Gasteiger partial charge in [0.05, 0.1) is 6.10 Å². The van der Waals surface area contributed by atoms with Crippen molar-refractivity contribution in [2.45, 2.75) is 83.7 Å². The molecule has 0 spiro atoms. The van der Waals surface area contributed by atoms with Crippen molar-refractivity contribution in [3.63, 3.8) is 0 Å². The number of rotatable bonds is 3. The number of hydrogen-bond acceptors (Lipinski definition) is 2. The van der Waals surface area contributed by atoms with Crippen LogP contribution in [0, 0.1) is 17.3 Å². The van der Waals surface area contributed by atoms with Crippen LogP contribution in [0.2, 0.25) is 0 Å². The van der Waals surface area contributed by atoms with E-state index in [1.54, 1.807) is 0 Å². The molecular formula is C22H32O2. The van der Waals surface area contributed by atoms with Gasteiger partial charge in [0, 0.05) is 0 Å². The van der Waals surface area contributed by atoms with Crippen LogP contribution in [0.5, 0.6) is 5.75 Å². The third-order valence-corrected chi connectivity index (χ3v) is 7.67. The second kappa shape index (κ2) is 6.05. The largest absolute Gasteiger partial charge is 0.508 e. The van der Waals surface area contributed by atoms with Gasteiger partial charge in [0.1, 0.15) is 5.75 Å². The number of phenols is 1. The van der Waals surface area contributed by atoms with Crippen molar-refractivity contribution in [3.05, 3.63) is 28.8 Å². The first kappa shape index (κ1) is 16.4. The van der Waals surface area contributed by atoms with E-state index >= 15 is 0 Å². The summed E-state index contributed by atoms with van der Waals surface area (Å²) < 4.78 is 0. The predicted molar refractivity (Wildman–Crippen MR) is 97.3 cm³/mol. The molecule has 2 saturated carbocycles. The quantitative estimate of drug-likeness (QED) is 0.824. The van der Waals surface area contributed by atoms with Gasteiger partial charge in [-0.15, -0.1) is 0 Å². The van der Waals surface area contributed by atoms with Crippen LogP contribution >= 0.6 is 0 Å². The summed E-state index contributed by atoms with van der Waals surface area (Å²) in [5.74, 6) is 2.58. The van der Waals surface area contributed by atoms with Gasteiger partial charge in [-0.25, -0.2) is 0 Å². The maximum Gasteiger partial charge on any atom is 0.119 e. The molecule has 2 N–H and O–H groups in total. The molecule has 0 aliphatic heterocycles. The number of phenolic OH excluding ortho intramolecular Hbond substituents is 1. The third kappa shape index (κ3) is 2.41. The van der Waals surface area contributed by atoms with E-state index in [0.717, 1.165) is 43.6 Å². The lowest BCUT2D eigenvalue weighted by Crippen LogP contribution is -2.43. The van der Waals surface area contributed by atoms with Crippen LogP contribution in [0.15, 0.2) is 12.1 Å². The van der Waals surface area contributed by atoms with Crippen molar-refractivity contribution < 1.29 is 10.2 Å². The Morgan fingerprint density at radius 3 is 2.79 bits per heavy atom. The lowest BCUT2D eigenvalue weighted by atomic mass is 9.55. The lowest BCUT2D eigenvalue weighted by molar-refractivity contribution is -0.0226. The van der Waals surface area contributed by atoms with Crippen LogP contribution in [0.3, 0.4) is 0 Å². The minimum atomic E-state index is -0.0928. The Labute approximate surface area is 146 Å². The number of aryl methyl sites for hydroxylation is 2. The van der Waals surface area contributed by atoms with Crippen molar-refractivity contribution >= 4 is 0 Å². The fourth-order valence-corrected chi connectivity index (χ4v) is 6.20. The molecule has 2 fully saturated rings. The normalized spacial score (nSPS) is 37.6. The Bertz CT molecular complexity index is 623. The first-order valence-corrected chi connectivity index (χ1v) is 10.1. The molecule has 4 rings (SSSR count).